The van der Waals surface area contributed by atoms with Crippen molar-refractivity contribution in [3.63, 3.8) is 0 Å². The van der Waals surface area contributed by atoms with Crippen molar-refractivity contribution in [2.75, 3.05) is 18.9 Å². The number of hydrogen-bond acceptors (Lipinski definition) is 6. The van der Waals surface area contributed by atoms with E-state index in [9.17, 15) is 0 Å². The van der Waals surface area contributed by atoms with Gasteiger partial charge in [-0.3, -0.25) is 4.98 Å². The molecule has 3 aromatic heterocycles. The summed E-state index contributed by atoms with van der Waals surface area (Å²) in [7, 11) is 0. The maximum atomic E-state index is 5.76. The fourth-order valence-corrected chi connectivity index (χ4v) is 3.17. The first-order valence-electron chi connectivity index (χ1n) is 7.88. The van der Waals surface area contributed by atoms with Crippen LogP contribution in [-0.4, -0.2) is 37.7 Å². The lowest BCUT2D eigenvalue weighted by Gasteiger charge is -2.21. The van der Waals surface area contributed by atoms with Gasteiger partial charge in [-0.1, -0.05) is 0 Å². The van der Waals surface area contributed by atoms with E-state index < -0.39 is 0 Å². The monoisotopic (exact) mass is 322 g/mol. The summed E-state index contributed by atoms with van der Waals surface area (Å²) in [6.07, 6.45) is 11.8. The Bertz CT molecular complexity index is 801. The number of hydrogen-bond donors (Lipinski definition) is 1. The van der Waals surface area contributed by atoms with Gasteiger partial charge in [-0.15, -0.1) is 0 Å². The van der Waals surface area contributed by atoms with E-state index in [0.717, 1.165) is 24.4 Å². The molecule has 4 heterocycles. The minimum Gasteiger partial charge on any atom is -0.379 e. The van der Waals surface area contributed by atoms with Gasteiger partial charge in [0.1, 0.15) is 5.82 Å². The zero-order chi connectivity index (χ0) is 16.4. The molecule has 1 aliphatic rings. The van der Waals surface area contributed by atoms with Crippen molar-refractivity contribution in [3.05, 3.63) is 54.9 Å². The molecular weight excluding hydrogens is 304 g/mol. The third-order valence-corrected chi connectivity index (χ3v) is 4.37. The number of rotatable bonds is 4. The average Bonchev–Trinajstić information content (AvgIpc) is 3.25. The minimum atomic E-state index is 0.230. The number of anilines is 1. The van der Waals surface area contributed by atoms with E-state index in [1.54, 1.807) is 18.6 Å². The van der Waals surface area contributed by atoms with Crippen LogP contribution in [0.5, 0.6) is 0 Å². The first-order chi connectivity index (χ1) is 11.8. The Morgan fingerprint density at radius 1 is 1.08 bits per heavy atom. The Morgan fingerprint density at radius 2 is 1.88 bits per heavy atom. The van der Waals surface area contributed by atoms with Gasteiger partial charge in [0.05, 0.1) is 24.8 Å². The van der Waals surface area contributed by atoms with E-state index in [0.29, 0.717) is 12.5 Å². The molecule has 1 saturated heterocycles. The van der Waals surface area contributed by atoms with Crippen LogP contribution in [0, 0.1) is 5.92 Å². The van der Waals surface area contributed by atoms with E-state index in [2.05, 4.69) is 36.6 Å². The van der Waals surface area contributed by atoms with Crippen LogP contribution in [0.2, 0.25) is 0 Å². The van der Waals surface area contributed by atoms with Gasteiger partial charge in [0, 0.05) is 43.1 Å². The maximum absolute atomic E-state index is 5.76. The van der Waals surface area contributed by atoms with E-state index in [4.69, 9.17) is 10.5 Å². The third-order valence-electron chi connectivity index (χ3n) is 4.37. The van der Waals surface area contributed by atoms with Crippen LogP contribution in [0.15, 0.2) is 49.3 Å². The molecule has 0 bridgehead atoms. The number of imidazole rings is 1. The number of nitrogens with two attached hydrogens (primary N) is 1. The van der Waals surface area contributed by atoms with Crippen molar-refractivity contribution in [1.82, 2.24) is 24.5 Å². The summed E-state index contributed by atoms with van der Waals surface area (Å²) in [5.41, 5.74) is 7.69. The normalized spacial score (nSPS) is 20.3. The summed E-state index contributed by atoms with van der Waals surface area (Å²) in [4.78, 5) is 16.7. The molecule has 0 radical (unpaired) electrons. The number of nitrogens with zero attached hydrogens (tertiary/aromatic N) is 5. The number of aromatic nitrogens is 5. The molecule has 0 amide bonds. The van der Waals surface area contributed by atoms with Crippen LogP contribution in [0.1, 0.15) is 11.6 Å². The molecule has 2 atom stereocenters. The van der Waals surface area contributed by atoms with Crippen molar-refractivity contribution in [3.8, 4) is 11.4 Å². The smallest absolute Gasteiger partial charge is 0.219 e. The minimum absolute atomic E-state index is 0.230. The highest BCUT2D eigenvalue weighted by molar-refractivity contribution is 5.53. The number of pyridine rings is 1. The highest BCUT2D eigenvalue weighted by atomic mass is 16.5. The van der Waals surface area contributed by atoms with Crippen LogP contribution in [0.3, 0.4) is 0 Å². The lowest BCUT2D eigenvalue weighted by molar-refractivity contribution is 0.181. The van der Waals surface area contributed by atoms with E-state index >= 15 is 0 Å². The molecule has 1 fully saturated rings. The molecule has 7 nitrogen and oxygen atoms in total. The third kappa shape index (κ3) is 2.85. The zero-order valence-corrected chi connectivity index (χ0v) is 13.1. The molecule has 0 aromatic carbocycles. The van der Waals surface area contributed by atoms with Crippen LogP contribution in [0.4, 0.5) is 5.95 Å². The summed E-state index contributed by atoms with van der Waals surface area (Å²) >= 11 is 0. The Labute approximate surface area is 139 Å². The van der Waals surface area contributed by atoms with Crippen molar-refractivity contribution in [2.24, 2.45) is 5.92 Å². The molecule has 0 saturated carbocycles. The van der Waals surface area contributed by atoms with Gasteiger partial charge in [-0.05, 0) is 24.1 Å². The lowest BCUT2D eigenvalue weighted by Crippen LogP contribution is -2.20. The van der Waals surface area contributed by atoms with Crippen molar-refractivity contribution in [2.45, 2.75) is 12.5 Å². The van der Waals surface area contributed by atoms with Gasteiger partial charge >= 0.3 is 0 Å². The summed E-state index contributed by atoms with van der Waals surface area (Å²) in [5, 5.41) is 0. The van der Waals surface area contributed by atoms with E-state index in [1.165, 1.54) is 5.56 Å². The highest BCUT2D eigenvalue weighted by Gasteiger charge is 2.31. The van der Waals surface area contributed by atoms with E-state index in [1.807, 2.05) is 18.6 Å². The first-order valence-corrected chi connectivity index (χ1v) is 7.88. The molecule has 24 heavy (non-hydrogen) atoms. The first kappa shape index (κ1) is 14.8. The summed E-state index contributed by atoms with van der Waals surface area (Å²) in [6, 6.07) is 4.34. The largest absolute Gasteiger partial charge is 0.379 e. The van der Waals surface area contributed by atoms with E-state index in [-0.39, 0.29) is 12.0 Å². The Hall–Kier alpha value is -2.80. The summed E-state index contributed by atoms with van der Waals surface area (Å²) in [6.45, 7) is 1.41. The van der Waals surface area contributed by atoms with Crippen LogP contribution >= 0.6 is 0 Å². The van der Waals surface area contributed by atoms with Crippen molar-refractivity contribution < 1.29 is 4.74 Å². The lowest BCUT2D eigenvalue weighted by atomic mass is 9.95. The zero-order valence-electron chi connectivity index (χ0n) is 13.1. The summed E-state index contributed by atoms with van der Waals surface area (Å²) < 4.78 is 7.92. The molecule has 0 unspecified atom stereocenters. The summed E-state index contributed by atoms with van der Waals surface area (Å²) in [5.74, 6) is 1.48. The maximum Gasteiger partial charge on any atom is 0.219 e. The van der Waals surface area contributed by atoms with Crippen molar-refractivity contribution >= 4 is 5.95 Å². The van der Waals surface area contributed by atoms with Crippen LogP contribution in [0.25, 0.3) is 11.4 Å². The molecule has 3 aromatic rings. The average molecular weight is 322 g/mol. The van der Waals surface area contributed by atoms with Crippen LogP contribution < -0.4 is 5.73 Å². The number of ether oxygens (including phenoxy) is 1. The quantitative estimate of drug-likeness (QED) is 0.787. The molecule has 1 aliphatic heterocycles. The second-order valence-electron chi connectivity index (χ2n) is 5.91. The predicted octanol–water partition coefficient (Wildman–Crippen LogP) is 1.75. The topological polar surface area (TPSA) is 91.7 Å². The molecular formula is C17H18N6O. The van der Waals surface area contributed by atoms with Crippen LogP contribution in [-0.2, 0) is 11.2 Å². The Balaban J connectivity index is 1.61. The fourth-order valence-electron chi connectivity index (χ4n) is 3.17. The molecule has 7 heteroatoms. The van der Waals surface area contributed by atoms with Gasteiger partial charge in [0.25, 0.3) is 0 Å². The van der Waals surface area contributed by atoms with Gasteiger partial charge in [-0.2, -0.15) is 0 Å². The fraction of sp³-hybridized carbons (Fsp3) is 0.294. The molecule has 122 valence electrons. The van der Waals surface area contributed by atoms with Gasteiger partial charge < -0.3 is 15.0 Å². The molecule has 0 aliphatic carbocycles. The second kappa shape index (κ2) is 6.37. The molecule has 0 spiro atoms. The van der Waals surface area contributed by atoms with Gasteiger partial charge in [0.15, 0.2) is 0 Å². The molecule has 2 N–H and O–H groups in total. The van der Waals surface area contributed by atoms with Crippen molar-refractivity contribution in [1.29, 1.82) is 0 Å². The Morgan fingerprint density at radius 3 is 2.67 bits per heavy atom. The highest BCUT2D eigenvalue weighted by Crippen LogP contribution is 2.32. The molecule has 4 rings (SSSR count). The standard InChI is InChI=1S/C17H18N6O/c18-17-21-8-14(9-22-17)16-20-5-6-23(16)15-11-24-10-13(15)7-12-1-3-19-4-2-12/h1-6,8-9,13,15H,7,10-11H2,(H2,18,21,22)/t13-,15-/m1/s1. The van der Waals surface area contributed by atoms with Gasteiger partial charge in [0.2, 0.25) is 5.95 Å². The SMILES string of the molecule is Nc1ncc(-c2nccn2[C@@H]2COC[C@H]2Cc2ccncc2)cn1. The second-order valence-corrected chi connectivity index (χ2v) is 5.91. The van der Waals surface area contributed by atoms with Gasteiger partial charge in [-0.25, -0.2) is 15.0 Å². The Kier molecular flexibility index (Phi) is 3.92. The number of nitrogen functional groups attached to an aromatic ring is 1. The predicted molar refractivity (Wildman–Crippen MR) is 89.0 cm³/mol.